The van der Waals surface area contributed by atoms with E-state index in [2.05, 4.69) is 4.74 Å². The van der Waals surface area contributed by atoms with Crippen molar-refractivity contribution in [1.29, 1.82) is 0 Å². The number of halogens is 4. The second-order valence-corrected chi connectivity index (χ2v) is 3.76. The van der Waals surface area contributed by atoms with Crippen molar-refractivity contribution >= 4 is 23.3 Å². The van der Waals surface area contributed by atoms with Gasteiger partial charge in [-0.05, 0) is 13.0 Å². The molecule has 1 aromatic rings. The Balaban J connectivity index is 3.61. The lowest BCUT2D eigenvalue weighted by Crippen LogP contribution is -2.17. The highest BCUT2D eigenvalue weighted by molar-refractivity contribution is 6.31. The van der Waals surface area contributed by atoms with Crippen LogP contribution in [0.5, 0.6) is 0 Å². The number of nitrogens with zero attached hydrogens (tertiary/aromatic N) is 1. The van der Waals surface area contributed by atoms with Gasteiger partial charge in [-0.2, -0.15) is 13.2 Å². The smallest absolute Gasteiger partial charge is 0.423 e. The first kappa shape index (κ1) is 15.2. The monoisotopic (exact) mass is 297 g/mol. The molecule has 0 unspecified atom stereocenters. The maximum Gasteiger partial charge on any atom is 0.423 e. The highest BCUT2D eigenvalue weighted by Crippen LogP contribution is 2.40. The van der Waals surface area contributed by atoms with Gasteiger partial charge in [-0.15, -0.1) is 0 Å². The molecule has 0 atom stereocenters. The summed E-state index contributed by atoms with van der Waals surface area (Å²) in [5.74, 6) is -1.32. The maximum atomic E-state index is 12.8. The van der Waals surface area contributed by atoms with Gasteiger partial charge in [0.15, 0.2) is 0 Å². The second-order valence-electron chi connectivity index (χ2n) is 3.32. The predicted octanol–water partition coefficient (Wildman–Crippen LogP) is 3.44. The molecular formula is C10H7ClF3NO4. The number of carbonyl (C=O) groups excluding carboxylic acids is 1. The van der Waals surface area contributed by atoms with Crippen LogP contribution in [0.4, 0.5) is 18.9 Å². The van der Waals surface area contributed by atoms with Gasteiger partial charge >= 0.3 is 12.1 Å². The summed E-state index contributed by atoms with van der Waals surface area (Å²) in [5.41, 5.74) is -3.93. The summed E-state index contributed by atoms with van der Waals surface area (Å²) in [7, 11) is 0. The van der Waals surface area contributed by atoms with Crippen LogP contribution in [-0.4, -0.2) is 17.5 Å². The highest BCUT2D eigenvalue weighted by Gasteiger charge is 2.43. The Hall–Kier alpha value is -1.83. The first-order valence-corrected chi connectivity index (χ1v) is 5.28. The van der Waals surface area contributed by atoms with E-state index < -0.39 is 33.9 Å². The molecule has 1 aromatic carbocycles. The van der Waals surface area contributed by atoms with Crippen LogP contribution in [0.1, 0.15) is 22.8 Å². The zero-order valence-corrected chi connectivity index (χ0v) is 10.2. The molecule has 0 spiro atoms. The van der Waals surface area contributed by atoms with Crippen LogP contribution >= 0.6 is 11.6 Å². The van der Waals surface area contributed by atoms with E-state index in [0.29, 0.717) is 12.1 Å². The maximum absolute atomic E-state index is 12.8. The molecule has 0 bridgehead atoms. The van der Waals surface area contributed by atoms with E-state index in [4.69, 9.17) is 11.6 Å². The fraction of sp³-hybridized carbons (Fsp3) is 0.300. The lowest BCUT2D eigenvalue weighted by atomic mass is 10.0. The Morgan fingerprint density at radius 3 is 2.47 bits per heavy atom. The van der Waals surface area contributed by atoms with E-state index in [1.54, 1.807) is 0 Å². The average molecular weight is 298 g/mol. The second kappa shape index (κ2) is 5.43. The third-order valence-corrected chi connectivity index (χ3v) is 2.28. The SMILES string of the molecule is CCOC(=O)c1cc(Cl)cc([N+](=O)[O-])c1C(F)(F)F. The number of carbonyl (C=O) groups is 1. The summed E-state index contributed by atoms with van der Waals surface area (Å²) in [6, 6.07) is 1.22. The summed E-state index contributed by atoms with van der Waals surface area (Å²) in [6.45, 7) is 1.22. The first-order chi connectivity index (χ1) is 8.68. The van der Waals surface area contributed by atoms with Crippen molar-refractivity contribution < 1.29 is 27.6 Å². The molecule has 0 amide bonds. The minimum atomic E-state index is -5.07. The minimum absolute atomic E-state index is 0.170. The largest absolute Gasteiger partial charge is 0.462 e. The zero-order chi connectivity index (χ0) is 14.8. The molecule has 0 N–H and O–H groups in total. The molecule has 5 nitrogen and oxygen atoms in total. The Bertz CT molecular complexity index is 530. The minimum Gasteiger partial charge on any atom is -0.462 e. The molecular weight excluding hydrogens is 291 g/mol. The average Bonchev–Trinajstić information content (AvgIpc) is 2.26. The number of benzene rings is 1. The normalized spacial score (nSPS) is 11.2. The van der Waals surface area contributed by atoms with Crippen LogP contribution in [0.3, 0.4) is 0 Å². The van der Waals surface area contributed by atoms with E-state index in [1.807, 2.05) is 0 Å². The van der Waals surface area contributed by atoms with E-state index in [1.165, 1.54) is 6.92 Å². The van der Waals surface area contributed by atoms with Crippen molar-refractivity contribution in [3.05, 3.63) is 38.4 Å². The van der Waals surface area contributed by atoms with Crippen molar-refractivity contribution in [3.8, 4) is 0 Å². The van der Waals surface area contributed by atoms with Gasteiger partial charge in [0.05, 0.1) is 17.1 Å². The molecule has 0 saturated heterocycles. The molecule has 0 aliphatic heterocycles. The molecule has 104 valence electrons. The zero-order valence-electron chi connectivity index (χ0n) is 9.45. The number of nitro benzene ring substituents is 1. The van der Waals surface area contributed by atoms with Crippen LogP contribution < -0.4 is 0 Å². The summed E-state index contributed by atoms with van der Waals surface area (Å²) < 4.78 is 43.0. The number of rotatable bonds is 3. The van der Waals surface area contributed by atoms with Gasteiger partial charge in [0.25, 0.3) is 5.69 Å². The molecule has 0 aliphatic carbocycles. The van der Waals surface area contributed by atoms with Gasteiger partial charge in [-0.1, -0.05) is 11.6 Å². The number of nitro groups is 1. The van der Waals surface area contributed by atoms with Crippen LogP contribution in [-0.2, 0) is 10.9 Å². The molecule has 1 rings (SSSR count). The Morgan fingerprint density at radius 1 is 1.47 bits per heavy atom. The van der Waals surface area contributed by atoms with Crippen LogP contribution in [0.25, 0.3) is 0 Å². The Kier molecular flexibility index (Phi) is 4.35. The molecule has 0 heterocycles. The van der Waals surface area contributed by atoms with Gasteiger partial charge < -0.3 is 4.74 Å². The quantitative estimate of drug-likeness (QED) is 0.487. The van der Waals surface area contributed by atoms with Gasteiger partial charge in [0, 0.05) is 11.1 Å². The summed E-state index contributed by atoms with van der Waals surface area (Å²) in [6.07, 6.45) is -5.07. The number of hydrogen-bond donors (Lipinski definition) is 0. The molecule has 0 aromatic heterocycles. The molecule has 0 aliphatic rings. The van der Waals surface area contributed by atoms with E-state index in [0.717, 1.165) is 0 Å². The van der Waals surface area contributed by atoms with Crippen molar-refractivity contribution in [2.45, 2.75) is 13.1 Å². The third kappa shape index (κ3) is 3.34. The molecule has 0 saturated carbocycles. The molecule has 0 radical (unpaired) electrons. The summed E-state index contributed by atoms with van der Waals surface area (Å²) >= 11 is 5.48. The summed E-state index contributed by atoms with van der Waals surface area (Å²) in [4.78, 5) is 20.8. The fourth-order valence-corrected chi connectivity index (χ4v) is 1.62. The van der Waals surface area contributed by atoms with Gasteiger partial charge in [0.2, 0.25) is 0 Å². The fourth-order valence-electron chi connectivity index (χ4n) is 1.40. The van der Waals surface area contributed by atoms with E-state index in [-0.39, 0.29) is 11.6 Å². The van der Waals surface area contributed by atoms with Gasteiger partial charge in [-0.25, -0.2) is 4.79 Å². The van der Waals surface area contributed by atoms with Crippen molar-refractivity contribution in [3.63, 3.8) is 0 Å². The topological polar surface area (TPSA) is 69.4 Å². The third-order valence-electron chi connectivity index (χ3n) is 2.06. The number of ether oxygens (including phenoxy) is 1. The Labute approximate surface area is 110 Å². The molecule has 9 heteroatoms. The highest BCUT2D eigenvalue weighted by atomic mass is 35.5. The van der Waals surface area contributed by atoms with Gasteiger partial charge in [-0.3, -0.25) is 10.1 Å². The van der Waals surface area contributed by atoms with Crippen molar-refractivity contribution in [1.82, 2.24) is 0 Å². The Morgan fingerprint density at radius 2 is 2.05 bits per heavy atom. The van der Waals surface area contributed by atoms with Gasteiger partial charge in [0.1, 0.15) is 5.56 Å². The van der Waals surface area contributed by atoms with E-state index in [9.17, 15) is 28.1 Å². The predicted molar refractivity (Wildman–Crippen MR) is 59.1 cm³/mol. The van der Waals surface area contributed by atoms with Crippen LogP contribution in [0.15, 0.2) is 12.1 Å². The van der Waals surface area contributed by atoms with Crippen LogP contribution in [0.2, 0.25) is 5.02 Å². The summed E-state index contributed by atoms with van der Waals surface area (Å²) in [5, 5.41) is 10.3. The molecule has 19 heavy (non-hydrogen) atoms. The lowest BCUT2D eigenvalue weighted by Gasteiger charge is -2.12. The number of hydrogen-bond acceptors (Lipinski definition) is 4. The first-order valence-electron chi connectivity index (χ1n) is 4.90. The van der Waals surface area contributed by atoms with E-state index >= 15 is 0 Å². The standard InChI is InChI=1S/C10H7ClF3NO4/c1-2-19-9(16)6-3-5(11)4-7(15(17)18)8(6)10(12,13)14/h3-4H,2H2,1H3. The number of esters is 1. The number of alkyl halides is 3. The molecule has 0 fully saturated rings. The lowest BCUT2D eigenvalue weighted by molar-refractivity contribution is -0.388. The van der Waals surface area contributed by atoms with Crippen LogP contribution in [0, 0.1) is 10.1 Å². The van der Waals surface area contributed by atoms with Crippen molar-refractivity contribution in [2.24, 2.45) is 0 Å². The van der Waals surface area contributed by atoms with Crippen molar-refractivity contribution in [2.75, 3.05) is 6.61 Å².